The van der Waals surface area contributed by atoms with Crippen molar-refractivity contribution in [1.29, 1.82) is 0 Å². The molecule has 0 saturated carbocycles. The van der Waals surface area contributed by atoms with Crippen LogP contribution in [-0.4, -0.2) is 12.9 Å². The van der Waals surface area contributed by atoms with E-state index in [4.69, 9.17) is 4.74 Å². The van der Waals surface area contributed by atoms with Crippen LogP contribution in [0, 0.1) is 6.92 Å². The molecule has 1 aromatic rings. The first-order valence-corrected chi connectivity index (χ1v) is 5.31. The quantitative estimate of drug-likeness (QED) is 0.740. The van der Waals surface area contributed by atoms with Crippen molar-refractivity contribution in [3.63, 3.8) is 0 Å². The third-order valence-electron chi connectivity index (χ3n) is 2.37. The molecule has 0 saturated heterocycles. The van der Waals surface area contributed by atoms with E-state index >= 15 is 0 Å². The molecule has 0 N–H and O–H groups in total. The minimum atomic E-state index is -0.398. The number of hydrogen-bond donors (Lipinski definition) is 0. The van der Waals surface area contributed by atoms with Gasteiger partial charge < -0.3 is 4.74 Å². The summed E-state index contributed by atoms with van der Waals surface area (Å²) < 4.78 is 5.26. The number of carbonyl (C=O) groups excluding carboxylic acids is 1. The zero-order valence-electron chi connectivity index (χ0n) is 9.62. The largest absolute Gasteiger partial charge is 0.369 e. The Hall–Kier alpha value is -1.15. The van der Waals surface area contributed by atoms with Crippen LogP contribution in [0.25, 0.3) is 0 Å². The summed E-state index contributed by atoms with van der Waals surface area (Å²) in [7, 11) is 1.58. The third-order valence-corrected chi connectivity index (χ3v) is 2.37. The van der Waals surface area contributed by atoms with Crippen molar-refractivity contribution in [2.24, 2.45) is 0 Å². The van der Waals surface area contributed by atoms with Gasteiger partial charge in [0.15, 0.2) is 5.78 Å². The number of Topliss-reactive ketones (excluding diaryl/α,β-unsaturated/α-hetero) is 1. The van der Waals surface area contributed by atoms with Crippen LogP contribution >= 0.6 is 0 Å². The fourth-order valence-electron chi connectivity index (χ4n) is 1.66. The summed E-state index contributed by atoms with van der Waals surface area (Å²) in [5.74, 6) is 0.158. The van der Waals surface area contributed by atoms with Crippen molar-refractivity contribution in [3.8, 4) is 0 Å². The summed E-state index contributed by atoms with van der Waals surface area (Å²) >= 11 is 0. The average Bonchev–Trinajstić information content (AvgIpc) is 2.19. The minimum Gasteiger partial charge on any atom is -0.369 e. The Morgan fingerprint density at radius 1 is 1.47 bits per heavy atom. The third kappa shape index (κ3) is 3.17. The van der Waals surface area contributed by atoms with Gasteiger partial charge in [0.25, 0.3) is 0 Å². The summed E-state index contributed by atoms with van der Waals surface area (Å²) in [5.41, 5.74) is 2.11. The summed E-state index contributed by atoms with van der Waals surface area (Å²) in [6.07, 6.45) is 1.04. The highest BCUT2D eigenvalue weighted by atomic mass is 16.5. The first-order chi connectivity index (χ1) is 7.19. The predicted octanol–water partition coefficient (Wildman–Crippen LogP) is 3.05. The molecule has 0 aliphatic carbocycles. The molecule has 82 valence electrons. The number of ether oxygens (including phenoxy) is 1. The molecule has 2 heteroatoms. The van der Waals surface area contributed by atoms with E-state index in [1.165, 1.54) is 0 Å². The number of benzene rings is 1. The highest BCUT2D eigenvalue weighted by Gasteiger charge is 2.18. The molecule has 0 fully saturated rings. The van der Waals surface area contributed by atoms with Crippen molar-refractivity contribution < 1.29 is 9.53 Å². The normalized spacial score (nSPS) is 12.5. The number of aryl methyl sites for hydroxylation is 1. The van der Waals surface area contributed by atoms with Crippen molar-refractivity contribution >= 4 is 5.78 Å². The van der Waals surface area contributed by atoms with E-state index in [1.54, 1.807) is 7.11 Å². The van der Waals surface area contributed by atoms with Gasteiger partial charge in [0.05, 0.1) is 0 Å². The molecule has 1 atom stereocenters. The molecule has 0 heterocycles. The molecule has 1 aromatic carbocycles. The fourth-order valence-corrected chi connectivity index (χ4v) is 1.66. The molecule has 0 amide bonds. The van der Waals surface area contributed by atoms with E-state index in [0.717, 1.165) is 17.5 Å². The molecule has 0 aliphatic heterocycles. The van der Waals surface area contributed by atoms with E-state index in [-0.39, 0.29) is 5.78 Å². The second-order valence-corrected chi connectivity index (χ2v) is 3.75. The highest BCUT2D eigenvalue weighted by molar-refractivity contribution is 5.84. The van der Waals surface area contributed by atoms with Crippen molar-refractivity contribution in [1.82, 2.24) is 0 Å². The lowest BCUT2D eigenvalue weighted by Gasteiger charge is -2.14. The van der Waals surface area contributed by atoms with E-state index < -0.39 is 6.10 Å². The first-order valence-electron chi connectivity index (χ1n) is 5.31. The smallest absolute Gasteiger partial charge is 0.166 e. The number of ketones is 1. The molecule has 0 aliphatic rings. The molecular weight excluding hydrogens is 188 g/mol. The second kappa shape index (κ2) is 5.66. The van der Waals surface area contributed by atoms with E-state index in [2.05, 4.69) is 0 Å². The van der Waals surface area contributed by atoms with Crippen LogP contribution in [0.15, 0.2) is 24.3 Å². The topological polar surface area (TPSA) is 26.3 Å². The van der Waals surface area contributed by atoms with Crippen molar-refractivity contribution in [3.05, 3.63) is 35.4 Å². The van der Waals surface area contributed by atoms with Crippen molar-refractivity contribution in [2.45, 2.75) is 32.8 Å². The Balaban J connectivity index is 2.87. The van der Waals surface area contributed by atoms with E-state index in [1.807, 2.05) is 38.1 Å². The lowest BCUT2D eigenvalue weighted by molar-refractivity contribution is -0.129. The first kappa shape index (κ1) is 11.9. The van der Waals surface area contributed by atoms with Crippen LogP contribution in [0.5, 0.6) is 0 Å². The number of carbonyl (C=O) groups is 1. The van der Waals surface area contributed by atoms with Gasteiger partial charge in [0, 0.05) is 13.5 Å². The number of rotatable bonds is 5. The number of hydrogen-bond acceptors (Lipinski definition) is 2. The van der Waals surface area contributed by atoms with Gasteiger partial charge in [-0.3, -0.25) is 4.79 Å². The van der Waals surface area contributed by atoms with Crippen LogP contribution in [0.2, 0.25) is 0 Å². The Morgan fingerprint density at radius 2 is 2.20 bits per heavy atom. The summed E-state index contributed by atoms with van der Waals surface area (Å²) in [6.45, 7) is 4.02. The van der Waals surface area contributed by atoms with E-state index in [0.29, 0.717) is 6.42 Å². The number of methoxy groups -OCH3 is 1. The summed E-state index contributed by atoms with van der Waals surface area (Å²) in [5, 5.41) is 0. The molecule has 2 nitrogen and oxygen atoms in total. The molecule has 1 rings (SSSR count). The minimum absolute atomic E-state index is 0.158. The van der Waals surface area contributed by atoms with Crippen LogP contribution in [0.1, 0.15) is 37.0 Å². The fraction of sp³-hybridized carbons (Fsp3) is 0.462. The van der Waals surface area contributed by atoms with Gasteiger partial charge in [0.2, 0.25) is 0 Å². The Bertz CT molecular complexity index is 331. The Morgan fingerprint density at radius 3 is 2.73 bits per heavy atom. The second-order valence-electron chi connectivity index (χ2n) is 3.75. The lowest BCUT2D eigenvalue weighted by atomic mass is 10.0. The monoisotopic (exact) mass is 206 g/mol. The molecule has 0 aromatic heterocycles. The summed E-state index contributed by atoms with van der Waals surface area (Å²) in [6, 6.07) is 7.91. The van der Waals surface area contributed by atoms with Gasteiger partial charge in [-0.15, -0.1) is 0 Å². The van der Waals surface area contributed by atoms with Gasteiger partial charge in [-0.05, 0) is 18.9 Å². The zero-order valence-corrected chi connectivity index (χ0v) is 9.62. The SMILES string of the molecule is CCCC(=O)C(OC)c1cccc(C)c1. The summed E-state index contributed by atoms with van der Waals surface area (Å²) in [4.78, 5) is 11.8. The van der Waals surface area contributed by atoms with Gasteiger partial charge in [0.1, 0.15) is 6.10 Å². The molecule has 15 heavy (non-hydrogen) atoms. The van der Waals surface area contributed by atoms with Crippen LogP contribution < -0.4 is 0 Å². The van der Waals surface area contributed by atoms with Gasteiger partial charge in [-0.1, -0.05) is 36.8 Å². The molecule has 0 radical (unpaired) electrons. The molecule has 1 unspecified atom stereocenters. The van der Waals surface area contributed by atoms with Crippen molar-refractivity contribution in [2.75, 3.05) is 7.11 Å². The van der Waals surface area contributed by atoms with E-state index in [9.17, 15) is 4.79 Å². The Kier molecular flexibility index (Phi) is 4.50. The zero-order chi connectivity index (χ0) is 11.3. The van der Waals surface area contributed by atoms with Gasteiger partial charge in [-0.25, -0.2) is 0 Å². The van der Waals surface area contributed by atoms with Crippen LogP contribution in [0.3, 0.4) is 0 Å². The maximum Gasteiger partial charge on any atom is 0.166 e. The van der Waals surface area contributed by atoms with Gasteiger partial charge in [-0.2, -0.15) is 0 Å². The average molecular weight is 206 g/mol. The van der Waals surface area contributed by atoms with Crippen LogP contribution in [-0.2, 0) is 9.53 Å². The maximum absolute atomic E-state index is 11.8. The predicted molar refractivity (Wildman–Crippen MR) is 60.8 cm³/mol. The maximum atomic E-state index is 11.8. The Labute approximate surface area is 91.3 Å². The standard InChI is InChI=1S/C13H18O2/c1-4-6-12(14)13(15-3)11-8-5-7-10(2)9-11/h5,7-9,13H,4,6H2,1-3H3. The van der Waals surface area contributed by atoms with Crippen LogP contribution in [0.4, 0.5) is 0 Å². The molecule has 0 spiro atoms. The molecular formula is C13H18O2. The molecule has 0 bridgehead atoms. The van der Waals surface area contributed by atoms with Gasteiger partial charge >= 0.3 is 0 Å². The lowest BCUT2D eigenvalue weighted by Crippen LogP contribution is -2.14. The highest BCUT2D eigenvalue weighted by Crippen LogP contribution is 2.20.